The van der Waals surface area contributed by atoms with E-state index in [0.29, 0.717) is 17.7 Å². The molecule has 1 N–H and O–H groups in total. The minimum Gasteiger partial charge on any atom is -0.420 e. The monoisotopic (exact) mass is 275 g/mol. The number of nitrogens with zero attached hydrogens (tertiary/aromatic N) is 4. The number of hydrogen-bond acceptors (Lipinski definition) is 6. The van der Waals surface area contributed by atoms with Gasteiger partial charge < -0.3 is 10.1 Å². The zero-order valence-corrected chi connectivity index (χ0v) is 11.7. The maximum absolute atomic E-state index is 5.86. The van der Waals surface area contributed by atoms with E-state index in [1.165, 1.54) is 0 Å². The summed E-state index contributed by atoms with van der Waals surface area (Å²) in [6, 6.07) is 3.83. The van der Waals surface area contributed by atoms with Gasteiger partial charge in [0.05, 0.1) is 11.1 Å². The molecule has 3 rings (SSSR count). The van der Waals surface area contributed by atoms with Gasteiger partial charge in [0.1, 0.15) is 4.83 Å². The van der Waals surface area contributed by atoms with Crippen molar-refractivity contribution in [2.75, 3.05) is 12.4 Å². The zero-order chi connectivity index (χ0) is 13.4. The highest BCUT2D eigenvalue weighted by molar-refractivity contribution is 7.16. The molecule has 98 valence electrons. The van der Waals surface area contributed by atoms with Crippen LogP contribution in [0.1, 0.15) is 5.69 Å². The number of anilines is 1. The van der Waals surface area contributed by atoms with E-state index >= 15 is 0 Å². The molecule has 3 heterocycles. The van der Waals surface area contributed by atoms with Crippen LogP contribution in [0.5, 0.6) is 11.8 Å². The summed E-state index contributed by atoms with van der Waals surface area (Å²) in [7, 11) is 3.63. The first-order valence-electron chi connectivity index (χ1n) is 5.79. The molecule has 0 amide bonds. The summed E-state index contributed by atoms with van der Waals surface area (Å²) in [6.45, 7) is 1.92. The minimum absolute atomic E-state index is 0.540. The van der Waals surface area contributed by atoms with Gasteiger partial charge in [-0.25, -0.2) is 9.67 Å². The maximum atomic E-state index is 5.86. The largest absolute Gasteiger partial charge is 0.420 e. The quantitative estimate of drug-likeness (QED) is 0.796. The van der Waals surface area contributed by atoms with Gasteiger partial charge in [-0.15, -0.1) is 11.3 Å². The van der Waals surface area contributed by atoms with Gasteiger partial charge >= 0.3 is 0 Å². The Morgan fingerprint density at radius 1 is 1.37 bits per heavy atom. The standard InChI is InChI=1S/C12H13N5OS/c1-7-6-9(17(3)16-7)18-10-8-4-5-19-11(8)15-12(13-2)14-10/h4-6H,1-3H3,(H,13,14,15). The summed E-state index contributed by atoms with van der Waals surface area (Å²) in [5.74, 6) is 1.74. The molecule has 0 unspecified atom stereocenters. The van der Waals surface area contributed by atoms with Crippen molar-refractivity contribution < 1.29 is 4.74 Å². The van der Waals surface area contributed by atoms with E-state index in [9.17, 15) is 0 Å². The van der Waals surface area contributed by atoms with Crippen molar-refractivity contribution >= 4 is 27.5 Å². The molecule has 0 aliphatic rings. The second-order valence-electron chi connectivity index (χ2n) is 4.09. The molecule has 0 bridgehead atoms. The Hall–Kier alpha value is -2.15. The van der Waals surface area contributed by atoms with Crippen LogP contribution in [0, 0.1) is 6.92 Å². The number of rotatable bonds is 3. The zero-order valence-electron chi connectivity index (χ0n) is 10.8. The molecule has 7 heteroatoms. The lowest BCUT2D eigenvalue weighted by molar-refractivity contribution is 0.420. The smallest absolute Gasteiger partial charge is 0.234 e. The lowest BCUT2D eigenvalue weighted by atomic mass is 10.4. The molecule has 6 nitrogen and oxygen atoms in total. The van der Waals surface area contributed by atoms with Crippen molar-refractivity contribution in [3.63, 3.8) is 0 Å². The highest BCUT2D eigenvalue weighted by atomic mass is 32.1. The molecule has 3 aromatic heterocycles. The Kier molecular flexibility index (Phi) is 2.83. The third kappa shape index (κ3) is 2.12. The average Bonchev–Trinajstić information content (AvgIpc) is 2.96. The predicted octanol–water partition coefficient (Wildman–Crippen LogP) is 2.57. The molecule has 0 spiro atoms. The molecular formula is C12H13N5OS. The molecule has 0 atom stereocenters. The summed E-state index contributed by atoms with van der Waals surface area (Å²) >= 11 is 1.56. The van der Waals surface area contributed by atoms with E-state index in [1.54, 1.807) is 23.1 Å². The summed E-state index contributed by atoms with van der Waals surface area (Å²) in [4.78, 5) is 9.63. The summed E-state index contributed by atoms with van der Waals surface area (Å²) < 4.78 is 7.55. The van der Waals surface area contributed by atoms with Gasteiger partial charge in [0.2, 0.25) is 17.7 Å². The Bertz CT molecular complexity index is 733. The Balaban J connectivity index is 2.08. The van der Waals surface area contributed by atoms with Crippen LogP contribution in [0.3, 0.4) is 0 Å². The van der Waals surface area contributed by atoms with Crippen LogP contribution in [-0.2, 0) is 7.05 Å². The van der Waals surface area contributed by atoms with Crippen molar-refractivity contribution in [2.45, 2.75) is 6.92 Å². The second kappa shape index (κ2) is 4.51. The number of nitrogens with one attached hydrogen (secondary N) is 1. The topological polar surface area (TPSA) is 64.9 Å². The highest BCUT2D eigenvalue weighted by Gasteiger charge is 2.12. The molecule has 19 heavy (non-hydrogen) atoms. The fourth-order valence-corrected chi connectivity index (χ4v) is 2.55. The van der Waals surface area contributed by atoms with Gasteiger partial charge in [0, 0.05) is 20.2 Å². The number of hydrogen-bond donors (Lipinski definition) is 1. The maximum Gasteiger partial charge on any atom is 0.234 e. The lowest BCUT2D eigenvalue weighted by Crippen LogP contribution is -2.00. The molecule has 0 saturated heterocycles. The second-order valence-corrected chi connectivity index (χ2v) is 4.99. The molecule has 0 fully saturated rings. The van der Waals surface area contributed by atoms with Crippen molar-refractivity contribution in [1.82, 2.24) is 19.7 Å². The van der Waals surface area contributed by atoms with Crippen molar-refractivity contribution in [1.29, 1.82) is 0 Å². The summed E-state index contributed by atoms with van der Waals surface area (Å²) in [5, 5.41) is 10.1. The van der Waals surface area contributed by atoms with Crippen LogP contribution in [0.2, 0.25) is 0 Å². The fraction of sp³-hybridized carbons (Fsp3) is 0.250. The molecule has 0 radical (unpaired) electrons. The van der Waals surface area contributed by atoms with Crippen LogP contribution in [0.15, 0.2) is 17.5 Å². The van der Waals surface area contributed by atoms with E-state index in [0.717, 1.165) is 15.9 Å². The predicted molar refractivity (Wildman–Crippen MR) is 75.0 cm³/mol. The van der Waals surface area contributed by atoms with E-state index < -0.39 is 0 Å². The number of thiophene rings is 1. The van der Waals surface area contributed by atoms with Crippen molar-refractivity contribution in [2.24, 2.45) is 7.05 Å². The number of aryl methyl sites for hydroxylation is 2. The first kappa shape index (κ1) is 11.9. The Morgan fingerprint density at radius 3 is 2.89 bits per heavy atom. The number of ether oxygens (including phenoxy) is 1. The Morgan fingerprint density at radius 2 is 2.21 bits per heavy atom. The Labute approximate surface area is 114 Å². The molecule has 0 saturated carbocycles. The molecular weight excluding hydrogens is 262 g/mol. The van der Waals surface area contributed by atoms with Gasteiger partial charge in [-0.3, -0.25) is 0 Å². The summed E-state index contributed by atoms with van der Waals surface area (Å²) in [6.07, 6.45) is 0. The highest BCUT2D eigenvalue weighted by Crippen LogP contribution is 2.31. The minimum atomic E-state index is 0.540. The van der Waals surface area contributed by atoms with Gasteiger partial charge in [0.15, 0.2) is 0 Å². The number of aromatic nitrogens is 4. The molecule has 0 aromatic carbocycles. The number of fused-ring (bicyclic) bond motifs is 1. The first-order chi connectivity index (χ1) is 9.17. The molecule has 3 aromatic rings. The summed E-state index contributed by atoms with van der Waals surface area (Å²) in [5.41, 5.74) is 0.905. The van der Waals surface area contributed by atoms with Gasteiger partial charge in [-0.05, 0) is 18.4 Å². The van der Waals surface area contributed by atoms with E-state index in [1.807, 2.05) is 31.5 Å². The van der Waals surface area contributed by atoms with Gasteiger partial charge in [-0.2, -0.15) is 10.1 Å². The third-order valence-electron chi connectivity index (χ3n) is 2.67. The first-order valence-corrected chi connectivity index (χ1v) is 6.67. The third-order valence-corrected chi connectivity index (χ3v) is 3.48. The van der Waals surface area contributed by atoms with Crippen LogP contribution in [0.25, 0.3) is 10.2 Å². The molecule has 0 aliphatic carbocycles. The molecule has 0 aliphatic heterocycles. The van der Waals surface area contributed by atoms with E-state index in [4.69, 9.17) is 4.74 Å². The van der Waals surface area contributed by atoms with E-state index in [2.05, 4.69) is 20.4 Å². The van der Waals surface area contributed by atoms with E-state index in [-0.39, 0.29) is 0 Å². The van der Waals surface area contributed by atoms with Crippen molar-refractivity contribution in [3.8, 4) is 11.8 Å². The van der Waals surface area contributed by atoms with Gasteiger partial charge in [0.25, 0.3) is 0 Å². The normalized spacial score (nSPS) is 10.9. The lowest BCUT2D eigenvalue weighted by Gasteiger charge is -2.07. The fourth-order valence-electron chi connectivity index (χ4n) is 1.80. The SMILES string of the molecule is CNc1nc(Oc2cc(C)nn2C)c2ccsc2n1. The van der Waals surface area contributed by atoms with Crippen LogP contribution >= 0.6 is 11.3 Å². The van der Waals surface area contributed by atoms with Gasteiger partial charge in [-0.1, -0.05) is 0 Å². The van der Waals surface area contributed by atoms with Crippen LogP contribution in [-0.4, -0.2) is 26.8 Å². The van der Waals surface area contributed by atoms with Crippen molar-refractivity contribution in [3.05, 3.63) is 23.2 Å². The van der Waals surface area contributed by atoms with Crippen LogP contribution < -0.4 is 10.1 Å². The van der Waals surface area contributed by atoms with Crippen LogP contribution in [0.4, 0.5) is 5.95 Å². The average molecular weight is 275 g/mol.